The number of hydrogen-bond donors (Lipinski definition) is 1. The first-order valence-electron chi connectivity index (χ1n) is 21.0. The third kappa shape index (κ3) is 5.32. The molecule has 0 saturated carbocycles. The number of likely N-dealkylation sites (N-methyl/N-ethyl adjacent to an activating group) is 2. The number of ether oxygens (including phenoxy) is 2. The topological polar surface area (TPSA) is 69.9 Å². The van der Waals surface area contributed by atoms with Crippen molar-refractivity contribution in [1.29, 1.82) is 0 Å². The van der Waals surface area contributed by atoms with Crippen molar-refractivity contribution in [1.82, 2.24) is 0 Å². The van der Waals surface area contributed by atoms with E-state index in [0.29, 0.717) is 0 Å². The van der Waals surface area contributed by atoms with Gasteiger partial charge in [-0.3, -0.25) is 9.98 Å². The van der Waals surface area contributed by atoms with Crippen LogP contribution < -0.4 is 19.3 Å². The summed E-state index contributed by atoms with van der Waals surface area (Å²) in [4.78, 5) is 14.5. The summed E-state index contributed by atoms with van der Waals surface area (Å²) in [5.74, 6) is 15.1. The maximum absolute atomic E-state index is 10.3. The Bertz CT molecular complexity index is 3050. The predicted molar refractivity (Wildman–Crippen MR) is 251 cm³/mol. The molecule has 0 aliphatic carbocycles. The summed E-state index contributed by atoms with van der Waals surface area (Å²) in [5.41, 5.74) is 7.67. The first-order chi connectivity index (χ1) is 29.9. The number of aliphatic hydroxyl groups is 1. The van der Waals surface area contributed by atoms with Crippen molar-refractivity contribution in [2.75, 3.05) is 23.9 Å². The minimum atomic E-state index is -0.814. The number of anilines is 2. The van der Waals surface area contributed by atoms with E-state index in [1.807, 2.05) is 67.0 Å². The van der Waals surface area contributed by atoms with Crippen LogP contribution in [-0.2, 0) is 17.4 Å². The van der Waals surface area contributed by atoms with E-state index in [1.54, 1.807) is 0 Å². The third-order valence-corrected chi connectivity index (χ3v) is 13.7. The smallest absolute Gasteiger partial charge is 0.228 e. The van der Waals surface area contributed by atoms with E-state index in [9.17, 15) is 5.11 Å². The van der Waals surface area contributed by atoms with Crippen molar-refractivity contribution < 1.29 is 14.6 Å². The SMILES string of the molecule is CN1c2ccc(C#Cc3cc(C#Cc4ccc5c(c4)C(C)(C)[C@@]4(C=Nc6c(ccc7ccccc67)O4)N5C)cc(CO)c3)cc2C(C)(C)[C@]12C=Nc1c(ccc3ccccc13)O2. The lowest BCUT2D eigenvalue weighted by Crippen LogP contribution is -2.61. The van der Waals surface area contributed by atoms with Gasteiger partial charge in [0.15, 0.2) is 0 Å². The molecule has 0 aromatic heterocycles. The molecule has 302 valence electrons. The van der Waals surface area contributed by atoms with Crippen molar-refractivity contribution in [3.63, 3.8) is 0 Å². The summed E-state index contributed by atoms with van der Waals surface area (Å²) in [5, 5.41) is 14.7. The third-order valence-electron chi connectivity index (χ3n) is 13.7. The van der Waals surface area contributed by atoms with Crippen LogP contribution in [0.4, 0.5) is 22.7 Å². The number of nitrogens with zero attached hydrogens (tertiary/aromatic N) is 4. The molecule has 7 aromatic carbocycles. The Morgan fingerprint density at radius 1 is 0.516 bits per heavy atom. The number of hydrogen-bond acceptors (Lipinski definition) is 7. The Labute approximate surface area is 362 Å². The van der Waals surface area contributed by atoms with Gasteiger partial charge in [-0.05, 0) is 122 Å². The molecule has 7 nitrogen and oxygen atoms in total. The summed E-state index contributed by atoms with van der Waals surface area (Å²) in [7, 11) is 4.14. The average molecular weight is 809 g/mol. The summed E-state index contributed by atoms with van der Waals surface area (Å²) in [6.45, 7) is 8.71. The van der Waals surface area contributed by atoms with E-state index in [0.717, 1.165) is 94.7 Å². The van der Waals surface area contributed by atoms with Crippen LogP contribution in [-0.4, -0.2) is 43.1 Å². The molecule has 4 aliphatic heterocycles. The van der Waals surface area contributed by atoms with Gasteiger partial charge in [-0.1, -0.05) is 84.3 Å². The number of benzene rings is 7. The van der Waals surface area contributed by atoms with Gasteiger partial charge in [-0.15, -0.1) is 0 Å². The predicted octanol–water partition coefficient (Wildman–Crippen LogP) is 10.7. The summed E-state index contributed by atoms with van der Waals surface area (Å²) < 4.78 is 13.9. The normalized spacial score (nSPS) is 20.4. The van der Waals surface area contributed by atoms with Crippen LogP contribution in [0.15, 0.2) is 137 Å². The fourth-order valence-electron chi connectivity index (χ4n) is 10.1. The highest BCUT2D eigenvalue weighted by Crippen LogP contribution is 2.56. The number of aliphatic hydroxyl groups excluding tert-OH is 1. The molecule has 4 heterocycles. The van der Waals surface area contributed by atoms with Crippen LogP contribution in [0, 0.1) is 23.7 Å². The first-order valence-corrected chi connectivity index (χ1v) is 21.0. The number of rotatable bonds is 1. The van der Waals surface area contributed by atoms with Gasteiger partial charge < -0.3 is 24.4 Å². The van der Waals surface area contributed by atoms with Gasteiger partial charge >= 0.3 is 0 Å². The Morgan fingerprint density at radius 3 is 1.40 bits per heavy atom. The molecule has 0 bridgehead atoms. The van der Waals surface area contributed by atoms with Gasteiger partial charge in [0, 0.05) is 58.5 Å². The Kier molecular flexibility index (Phi) is 8.10. The van der Waals surface area contributed by atoms with Crippen LogP contribution in [0.3, 0.4) is 0 Å². The van der Waals surface area contributed by atoms with Gasteiger partial charge in [0.2, 0.25) is 11.4 Å². The van der Waals surface area contributed by atoms with Crippen molar-refractivity contribution in [2.24, 2.45) is 9.98 Å². The lowest BCUT2D eigenvalue weighted by molar-refractivity contribution is 0.0826. The molecular weight excluding hydrogens is 765 g/mol. The van der Waals surface area contributed by atoms with E-state index in [2.05, 4.69) is 148 Å². The quantitative estimate of drug-likeness (QED) is 0.167. The fraction of sp³-hybridized carbons (Fsp3) is 0.200. The molecule has 1 N–H and O–H groups in total. The second-order valence-electron chi connectivity index (χ2n) is 17.8. The van der Waals surface area contributed by atoms with Crippen LogP contribution in [0.25, 0.3) is 21.5 Å². The molecule has 0 unspecified atom stereocenters. The zero-order chi connectivity index (χ0) is 42.6. The lowest BCUT2D eigenvalue weighted by Gasteiger charge is -2.45. The molecule has 62 heavy (non-hydrogen) atoms. The highest BCUT2D eigenvalue weighted by Gasteiger charge is 2.60. The Morgan fingerprint density at radius 2 is 0.952 bits per heavy atom. The number of fused-ring (bicyclic) bond motifs is 8. The Balaban J connectivity index is 0.867. The fourth-order valence-corrected chi connectivity index (χ4v) is 10.1. The van der Waals surface area contributed by atoms with E-state index < -0.39 is 22.3 Å². The van der Waals surface area contributed by atoms with Crippen LogP contribution in [0.1, 0.15) is 66.6 Å². The maximum atomic E-state index is 10.3. The van der Waals surface area contributed by atoms with Crippen molar-refractivity contribution >= 4 is 56.7 Å². The molecule has 11 rings (SSSR count). The zero-order valence-electron chi connectivity index (χ0n) is 35.5. The largest absolute Gasteiger partial charge is 0.459 e. The number of aliphatic imine (C=N–C) groups is 2. The van der Waals surface area contributed by atoms with E-state index in [4.69, 9.17) is 19.5 Å². The first kappa shape index (κ1) is 37.7. The van der Waals surface area contributed by atoms with Crippen molar-refractivity contribution in [3.8, 4) is 35.2 Å². The van der Waals surface area contributed by atoms with Crippen LogP contribution in [0.2, 0.25) is 0 Å². The molecule has 0 amide bonds. The molecule has 7 aromatic rings. The summed E-state index contributed by atoms with van der Waals surface area (Å²) in [6, 6.07) is 43.3. The summed E-state index contributed by atoms with van der Waals surface area (Å²) in [6.07, 6.45) is 3.93. The van der Waals surface area contributed by atoms with Crippen molar-refractivity contribution in [3.05, 3.63) is 166 Å². The van der Waals surface area contributed by atoms with Crippen molar-refractivity contribution in [2.45, 2.75) is 56.6 Å². The molecule has 2 spiro atoms. The summed E-state index contributed by atoms with van der Waals surface area (Å²) >= 11 is 0. The van der Waals surface area contributed by atoms with Crippen LogP contribution >= 0.6 is 0 Å². The minimum absolute atomic E-state index is 0.117. The van der Waals surface area contributed by atoms with Gasteiger partial charge in [-0.2, -0.15) is 0 Å². The second-order valence-corrected chi connectivity index (χ2v) is 17.8. The van der Waals surface area contributed by atoms with E-state index in [1.165, 1.54) is 0 Å². The highest BCUT2D eigenvalue weighted by molar-refractivity contribution is 6.01. The van der Waals surface area contributed by atoms with Gasteiger partial charge in [0.05, 0.1) is 29.9 Å². The molecule has 0 saturated heterocycles. The minimum Gasteiger partial charge on any atom is -0.459 e. The zero-order valence-corrected chi connectivity index (χ0v) is 35.5. The molecule has 4 aliphatic rings. The van der Waals surface area contributed by atoms with E-state index in [-0.39, 0.29) is 6.61 Å². The van der Waals surface area contributed by atoms with Gasteiger partial charge in [0.1, 0.15) is 22.9 Å². The van der Waals surface area contributed by atoms with Gasteiger partial charge in [-0.25, -0.2) is 0 Å². The standard InChI is InChI=1S/C55H44N4O3/c1-52(2)44-30-35(19-23-46(44)58(5)54(52)33-56-50-42-13-9-7-11-40(42)21-25-48(50)61-54)15-17-37-27-38(29-39(28-37)32-60)18-16-36-20-24-47-45(31-36)53(3,4)55(59(47)6)34-57-51-43-14-10-8-12-41(43)22-26-49(51)62-55/h7-14,19-31,33-34,60H,32H2,1-6H3/t54-,55+. The average Bonchev–Trinajstić information content (AvgIpc) is 3.55. The molecule has 0 radical (unpaired) electrons. The Hall–Kier alpha value is -7.32. The maximum Gasteiger partial charge on any atom is 0.228 e. The van der Waals surface area contributed by atoms with Gasteiger partial charge in [0.25, 0.3) is 0 Å². The second kappa shape index (κ2) is 13.3. The van der Waals surface area contributed by atoms with Crippen LogP contribution in [0.5, 0.6) is 11.5 Å². The molecule has 7 heteroatoms. The lowest BCUT2D eigenvalue weighted by atomic mass is 9.77. The van der Waals surface area contributed by atoms with E-state index >= 15 is 0 Å². The molecular formula is C55H44N4O3. The molecule has 0 fully saturated rings. The molecule has 2 atom stereocenters. The highest BCUT2D eigenvalue weighted by atomic mass is 16.5. The monoisotopic (exact) mass is 808 g/mol.